The van der Waals surface area contributed by atoms with Crippen LogP contribution in [0.3, 0.4) is 0 Å². The molecule has 0 aliphatic carbocycles. The van der Waals surface area contributed by atoms with Crippen molar-refractivity contribution in [1.29, 1.82) is 0 Å². The number of hydrogen-bond donors (Lipinski definition) is 2. The van der Waals surface area contributed by atoms with Crippen LogP contribution in [0.2, 0.25) is 0 Å². The minimum absolute atomic E-state index is 0.0362. The third kappa shape index (κ3) is 7.29. The lowest BCUT2D eigenvalue weighted by molar-refractivity contribution is -0.141. The van der Waals surface area contributed by atoms with Gasteiger partial charge in [-0.1, -0.05) is 45.0 Å². The zero-order chi connectivity index (χ0) is 30.6. The van der Waals surface area contributed by atoms with E-state index >= 15 is 0 Å². The van der Waals surface area contributed by atoms with Crippen molar-refractivity contribution in [3.05, 3.63) is 52.9 Å². The Bertz CT molecular complexity index is 1380. The van der Waals surface area contributed by atoms with E-state index in [1.54, 1.807) is 22.3 Å². The molecule has 0 bridgehead atoms. The standard InChI is InChI=1S/C33H45N5O4S/c1-21(2)29(27-19-28(37-42-27)41-18-14-33(5)12-15-34-16-13-33)32(40)38-17-6-7-26(38)31(39)36-22(3)24-8-10-25(11-9-24)30-23(4)35-20-43-30/h8-11,19-22,26,29,34H,6-7,12-18H2,1-5H3,(H,36,39). The maximum Gasteiger partial charge on any atom is 0.254 e. The highest BCUT2D eigenvalue weighted by Gasteiger charge is 2.40. The van der Waals surface area contributed by atoms with E-state index in [4.69, 9.17) is 9.26 Å². The highest BCUT2D eigenvalue weighted by atomic mass is 32.1. The number of thiazole rings is 1. The van der Waals surface area contributed by atoms with E-state index in [0.717, 1.165) is 60.5 Å². The molecular weight excluding hydrogens is 562 g/mol. The molecule has 2 aromatic heterocycles. The molecule has 2 aliphatic heterocycles. The summed E-state index contributed by atoms with van der Waals surface area (Å²) >= 11 is 1.62. The van der Waals surface area contributed by atoms with E-state index < -0.39 is 12.0 Å². The van der Waals surface area contributed by atoms with Gasteiger partial charge in [0.15, 0.2) is 5.76 Å². The summed E-state index contributed by atoms with van der Waals surface area (Å²) in [6, 6.07) is 9.27. The van der Waals surface area contributed by atoms with Gasteiger partial charge in [-0.2, -0.15) is 0 Å². The quantitative estimate of drug-likeness (QED) is 0.280. The van der Waals surface area contributed by atoms with Crippen LogP contribution in [0.15, 0.2) is 40.4 Å². The maximum atomic E-state index is 13.9. The first-order valence-electron chi connectivity index (χ1n) is 15.6. The first-order valence-corrected chi connectivity index (χ1v) is 16.4. The number of aryl methyl sites for hydroxylation is 1. The highest BCUT2D eigenvalue weighted by molar-refractivity contribution is 7.13. The molecule has 2 aliphatic rings. The summed E-state index contributed by atoms with van der Waals surface area (Å²) < 4.78 is 11.6. The fourth-order valence-electron chi connectivity index (χ4n) is 6.28. The van der Waals surface area contributed by atoms with Crippen LogP contribution < -0.4 is 15.4 Å². The number of carbonyl (C=O) groups excluding carboxylic acids is 2. The Labute approximate surface area is 258 Å². The first-order chi connectivity index (χ1) is 20.6. The van der Waals surface area contributed by atoms with Crippen LogP contribution in [-0.4, -0.2) is 59.1 Å². The number of ether oxygens (including phenoxy) is 1. The van der Waals surface area contributed by atoms with E-state index in [0.29, 0.717) is 31.2 Å². The molecule has 10 heteroatoms. The molecule has 43 heavy (non-hydrogen) atoms. The van der Waals surface area contributed by atoms with Crippen LogP contribution in [0.5, 0.6) is 5.88 Å². The molecule has 232 valence electrons. The first kappa shape index (κ1) is 31.2. The molecule has 3 unspecified atom stereocenters. The molecular formula is C33H45N5O4S. The van der Waals surface area contributed by atoms with Gasteiger partial charge < -0.3 is 24.8 Å². The van der Waals surface area contributed by atoms with Crippen LogP contribution >= 0.6 is 11.3 Å². The number of likely N-dealkylation sites (tertiary alicyclic amines) is 1. The lowest BCUT2D eigenvalue weighted by Gasteiger charge is -2.33. The van der Waals surface area contributed by atoms with Gasteiger partial charge in [-0.05, 0) is 86.7 Å². The number of rotatable bonds is 11. The molecule has 9 nitrogen and oxygen atoms in total. The molecule has 0 radical (unpaired) electrons. The lowest BCUT2D eigenvalue weighted by atomic mass is 9.78. The van der Waals surface area contributed by atoms with E-state index in [2.05, 4.69) is 39.8 Å². The van der Waals surface area contributed by atoms with E-state index in [9.17, 15) is 9.59 Å². The second-order valence-electron chi connectivity index (χ2n) is 12.8. The molecule has 1 aromatic carbocycles. The van der Waals surface area contributed by atoms with Crippen molar-refractivity contribution in [2.75, 3.05) is 26.2 Å². The number of piperidine rings is 1. The van der Waals surface area contributed by atoms with Crippen molar-refractivity contribution in [2.24, 2.45) is 11.3 Å². The Balaban J connectivity index is 1.20. The SMILES string of the molecule is Cc1ncsc1-c1ccc(C(C)NC(=O)C2CCCN2C(=O)C(c2cc(OCCC3(C)CCNCC3)no2)C(C)C)cc1. The summed E-state index contributed by atoms with van der Waals surface area (Å²) in [5, 5.41) is 10.7. The number of hydrogen-bond acceptors (Lipinski definition) is 8. The van der Waals surface area contributed by atoms with Crippen molar-refractivity contribution >= 4 is 23.2 Å². The number of aromatic nitrogens is 2. The van der Waals surface area contributed by atoms with Gasteiger partial charge in [0.05, 0.1) is 28.7 Å². The van der Waals surface area contributed by atoms with Crippen molar-refractivity contribution in [3.63, 3.8) is 0 Å². The lowest BCUT2D eigenvalue weighted by Crippen LogP contribution is -2.48. The summed E-state index contributed by atoms with van der Waals surface area (Å²) in [6.07, 6.45) is 4.63. The number of amides is 2. The van der Waals surface area contributed by atoms with Gasteiger partial charge in [0.1, 0.15) is 12.0 Å². The number of nitrogens with one attached hydrogen (secondary N) is 2. The van der Waals surface area contributed by atoms with Crippen LogP contribution in [0.1, 0.15) is 88.8 Å². The minimum atomic E-state index is -0.541. The van der Waals surface area contributed by atoms with Crippen molar-refractivity contribution in [1.82, 2.24) is 25.7 Å². The molecule has 3 aromatic rings. The van der Waals surface area contributed by atoms with Gasteiger partial charge in [-0.25, -0.2) is 4.98 Å². The predicted molar refractivity (Wildman–Crippen MR) is 168 cm³/mol. The summed E-state index contributed by atoms with van der Waals surface area (Å²) in [4.78, 5) is 34.6. The largest absolute Gasteiger partial charge is 0.475 e. The fourth-order valence-corrected chi connectivity index (χ4v) is 7.09. The average molecular weight is 608 g/mol. The van der Waals surface area contributed by atoms with Crippen LogP contribution in [0, 0.1) is 18.3 Å². The van der Waals surface area contributed by atoms with Crippen LogP contribution in [0.4, 0.5) is 0 Å². The average Bonchev–Trinajstić information content (AvgIpc) is 3.75. The number of benzene rings is 1. The maximum absolute atomic E-state index is 13.9. The Morgan fingerprint density at radius 1 is 1.21 bits per heavy atom. The number of carbonyl (C=O) groups is 2. The van der Waals surface area contributed by atoms with Gasteiger partial charge in [0.2, 0.25) is 11.8 Å². The zero-order valence-corrected chi connectivity index (χ0v) is 26.8. The van der Waals surface area contributed by atoms with Gasteiger partial charge in [0.25, 0.3) is 5.88 Å². The fraction of sp³-hybridized carbons (Fsp3) is 0.576. The van der Waals surface area contributed by atoms with Gasteiger partial charge in [-0.15, -0.1) is 11.3 Å². The highest BCUT2D eigenvalue weighted by Crippen LogP contribution is 2.34. The molecule has 2 N–H and O–H groups in total. The molecule has 5 rings (SSSR count). The Morgan fingerprint density at radius 3 is 2.63 bits per heavy atom. The van der Waals surface area contributed by atoms with E-state index in [1.165, 1.54) is 0 Å². The summed E-state index contributed by atoms with van der Waals surface area (Å²) in [5.41, 5.74) is 5.26. The van der Waals surface area contributed by atoms with Crippen molar-refractivity contribution in [3.8, 4) is 16.3 Å². The Kier molecular flexibility index (Phi) is 9.86. The minimum Gasteiger partial charge on any atom is -0.475 e. The second kappa shape index (κ2) is 13.6. The second-order valence-corrected chi connectivity index (χ2v) is 13.6. The number of nitrogens with zero attached hydrogens (tertiary/aromatic N) is 3. The zero-order valence-electron chi connectivity index (χ0n) is 26.0. The topological polar surface area (TPSA) is 110 Å². The molecule has 0 spiro atoms. The molecule has 2 saturated heterocycles. The summed E-state index contributed by atoms with van der Waals surface area (Å²) in [6.45, 7) is 13.5. The molecule has 2 amide bonds. The molecule has 3 atom stereocenters. The molecule has 4 heterocycles. The normalized spacial score (nSPS) is 19.8. The summed E-state index contributed by atoms with van der Waals surface area (Å²) in [5.74, 6) is 0.0859. The van der Waals surface area contributed by atoms with Gasteiger partial charge in [-0.3, -0.25) is 9.59 Å². The van der Waals surface area contributed by atoms with Crippen molar-refractivity contribution < 1.29 is 18.8 Å². The Hall–Kier alpha value is -3.24. The van der Waals surface area contributed by atoms with E-state index in [-0.39, 0.29) is 29.2 Å². The monoisotopic (exact) mass is 607 g/mol. The summed E-state index contributed by atoms with van der Waals surface area (Å²) in [7, 11) is 0. The third-order valence-electron chi connectivity index (χ3n) is 9.13. The molecule has 2 fully saturated rings. The van der Waals surface area contributed by atoms with Crippen molar-refractivity contribution in [2.45, 2.75) is 84.7 Å². The predicted octanol–water partition coefficient (Wildman–Crippen LogP) is 5.87. The van der Waals surface area contributed by atoms with Gasteiger partial charge >= 0.3 is 0 Å². The third-order valence-corrected chi connectivity index (χ3v) is 10.1. The van der Waals surface area contributed by atoms with E-state index in [1.807, 2.05) is 45.3 Å². The Morgan fingerprint density at radius 2 is 1.95 bits per heavy atom. The van der Waals surface area contributed by atoms with Gasteiger partial charge in [0, 0.05) is 12.6 Å². The smallest absolute Gasteiger partial charge is 0.254 e. The van der Waals surface area contributed by atoms with Crippen LogP contribution in [-0.2, 0) is 9.59 Å². The molecule has 0 saturated carbocycles. The van der Waals surface area contributed by atoms with Crippen LogP contribution in [0.25, 0.3) is 10.4 Å².